The van der Waals surface area contributed by atoms with Crippen molar-refractivity contribution in [3.63, 3.8) is 0 Å². The summed E-state index contributed by atoms with van der Waals surface area (Å²) in [5.74, 6) is -2.39. The van der Waals surface area contributed by atoms with Crippen LogP contribution in [0.1, 0.15) is 65.7 Å². The molecule has 7 heteroatoms. The fourth-order valence-corrected chi connectivity index (χ4v) is 5.45. The van der Waals surface area contributed by atoms with Gasteiger partial charge in [-0.2, -0.15) is 0 Å². The number of hydrogen-bond donors (Lipinski definition) is 3. The van der Waals surface area contributed by atoms with E-state index in [4.69, 9.17) is 0 Å². The summed E-state index contributed by atoms with van der Waals surface area (Å²) in [5, 5.41) is 16.0. The van der Waals surface area contributed by atoms with E-state index in [0.717, 1.165) is 50.5 Å². The van der Waals surface area contributed by atoms with Gasteiger partial charge in [-0.25, -0.2) is 0 Å². The summed E-state index contributed by atoms with van der Waals surface area (Å²) in [5.41, 5.74) is 1.69. The van der Waals surface area contributed by atoms with Gasteiger partial charge in [0.05, 0.1) is 17.4 Å². The highest BCUT2D eigenvalue weighted by Gasteiger charge is 2.37. The Morgan fingerprint density at radius 2 is 1.69 bits per heavy atom. The third-order valence-corrected chi connectivity index (χ3v) is 6.92. The van der Waals surface area contributed by atoms with Crippen LogP contribution in [0.15, 0.2) is 0 Å². The van der Waals surface area contributed by atoms with Crippen molar-refractivity contribution in [1.29, 1.82) is 0 Å². The van der Waals surface area contributed by atoms with Crippen LogP contribution in [0, 0.1) is 11.8 Å². The molecule has 0 radical (unpaired) electrons. The van der Waals surface area contributed by atoms with Crippen LogP contribution >= 0.6 is 11.3 Å². The molecular weight excluding hydrogens is 352 g/mol. The van der Waals surface area contributed by atoms with Crippen LogP contribution in [0.5, 0.6) is 0 Å². The second kappa shape index (κ2) is 7.02. The number of amides is 2. The molecule has 6 nitrogen and oxygen atoms in total. The molecule has 3 aliphatic carbocycles. The number of carbonyl (C=O) groups excluding carboxylic acids is 2. The molecule has 0 aliphatic heterocycles. The van der Waals surface area contributed by atoms with E-state index in [1.54, 1.807) is 0 Å². The molecule has 3 aliphatic rings. The van der Waals surface area contributed by atoms with Crippen LogP contribution in [-0.4, -0.2) is 28.9 Å². The molecule has 1 aromatic heterocycles. The molecule has 0 bridgehead atoms. The Kier molecular flexibility index (Phi) is 4.73. The number of nitrogens with one attached hydrogen (secondary N) is 2. The monoisotopic (exact) mass is 376 g/mol. The molecule has 26 heavy (non-hydrogen) atoms. The summed E-state index contributed by atoms with van der Waals surface area (Å²) in [4.78, 5) is 38.2. The van der Waals surface area contributed by atoms with Crippen molar-refractivity contribution < 1.29 is 19.5 Å². The minimum Gasteiger partial charge on any atom is -0.481 e. The van der Waals surface area contributed by atoms with Gasteiger partial charge in [0, 0.05) is 10.9 Å². The maximum absolute atomic E-state index is 12.8. The predicted molar refractivity (Wildman–Crippen MR) is 98.5 cm³/mol. The number of fused-ring (bicyclic) bond motifs is 1. The van der Waals surface area contributed by atoms with E-state index in [0.29, 0.717) is 23.4 Å². The van der Waals surface area contributed by atoms with Crippen LogP contribution in [0.4, 0.5) is 5.00 Å². The SMILES string of the molecule is O=C(NC1CC1)c1c(NC(=O)[C@H]2CCCC[C@H]2C(=O)O)sc2c1CCC2. The summed E-state index contributed by atoms with van der Waals surface area (Å²) in [6.07, 6.45) is 7.76. The molecule has 4 rings (SSSR count). The van der Waals surface area contributed by atoms with Gasteiger partial charge in [0.1, 0.15) is 5.00 Å². The van der Waals surface area contributed by atoms with Crippen molar-refractivity contribution in [3.05, 3.63) is 16.0 Å². The number of hydrogen-bond acceptors (Lipinski definition) is 4. The standard InChI is InChI=1S/C19H24N2O4S/c22-16(11-4-1-2-5-12(11)19(24)25)21-18-15(17(23)20-10-8-9-10)13-6-3-7-14(13)26-18/h10-12H,1-9H2,(H,20,23)(H,21,22)(H,24,25)/t11-,12+/m0/s1. The lowest BCUT2D eigenvalue weighted by Crippen LogP contribution is -2.36. The first kappa shape index (κ1) is 17.5. The summed E-state index contributed by atoms with van der Waals surface area (Å²) in [6.45, 7) is 0. The lowest BCUT2D eigenvalue weighted by atomic mass is 9.79. The number of carboxylic acids is 1. The van der Waals surface area contributed by atoms with Crippen LogP contribution in [-0.2, 0) is 22.4 Å². The fraction of sp³-hybridized carbons (Fsp3) is 0.632. The van der Waals surface area contributed by atoms with Crippen molar-refractivity contribution in [1.82, 2.24) is 5.32 Å². The molecule has 2 saturated carbocycles. The van der Waals surface area contributed by atoms with Gasteiger partial charge in [0.25, 0.3) is 5.91 Å². The Labute approximate surface area is 156 Å². The van der Waals surface area contributed by atoms with Crippen LogP contribution in [0.25, 0.3) is 0 Å². The first-order valence-corrected chi connectivity index (χ1v) is 10.4. The zero-order valence-electron chi connectivity index (χ0n) is 14.7. The van der Waals surface area contributed by atoms with Gasteiger partial charge in [-0.05, 0) is 50.5 Å². The number of thiophene rings is 1. The number of rotatable bonds is 5. The van der Waals surface area contributed by atoms with Gasteiger partial charge in [-0.3, -0.25) is 14.4 Å². The molecule has 1 heterocycles. The van der Waals surface area contributed by atoms with E-state index in [1.165, 1.54) is 16.2 Å². The van der Waals surface area contributed by atoms with E-state index >= 15 is 0 Å². The molecule has 2 fully saturated rings. The van der Waals surface area contributed by atoms with Crippen molar-refractivity contribution in [2.45, 2.75) is 63.8 Å². The average molecular weight is 376 g/mol. The quantitative estimate of drug-likeness (QED) is 0.736. The predicted octanol–water partition coefficient (Wildman–Crippen LogP) is 2.96. The summed E-state index contributed by atoms with van der Waals surface area (Å²) >= 11 is 1.49. The van der Waals surface area contributed by atoms with Crippen molar-refractivity contribution in [2.75, 3.05) is 5.32 Å². The lowest BCUT2D eigenvalue weighted by Gasteiger charge is -2.27. The van der Waals surface area contributed by atoms with E-state index in [-0.39, 0.29) is 17.9 Å². The average Bonchev–Trinajstić information content (AvgIpc) is 3.20. The maximum atomic E-state index is 12.8. The smallest absolute Gasteiger partial charge is 0.307 e. The van der Waals surface area contributed by atoms with Gasteiger partial charge < -0.3 is 15.7 Å². The van der Waals surface area contributed by atoms with Gasteiger partial charge in [0.2, 0.25) is 5.91 Å². The van der Waals surface area contributed by atoms with Gasteiger partial charge in [0.15, 0.2) is 0 Å². The number of anilines is 1. The fourth-order valence-electron chi connectivity index (χ4n) is 4.16. The Balaban J connectivity index is 1.56. The topological polar surface area (TPSA) is 95.5 Å². The van der Waals surface area contributed by atoms with Gasteiger partial charge >= 0.3 is 5.97 Å². The van der Waals surface area contributed by atoms with E-state index in [2.05, 4.69) is 10.6 Å². The van der Waals surface area contributed by atoms with E-state index < -0.39 is 17.8 Å². The third kappa shape index (κ3) is 3.37. The molecule has 0 spiro atoms. The van der Waals surface area contributed by atoms with Gasteiger partial charge in [-0.1, -0.05) is 12.8 Å². The number of carbonyl (C=O) groups is 3. The van der Waals surface area contributed by atoms with E-state index in [9.17, 15) is 19.5 Å². The summed E-state index contributed by atoms with van der Waals surface area (Å²) in [7, 11) is 0. The minimum absolute atomic E-state index is 0.0966. The first-order valence-electron chi connectivity index (χ1n) is 9.53. The molecule has 2 amide bonds. The highest BCUT2D eigenvalue weighted by molar-refractivity contribution is 7.17. The lowest BCUT2D eigenvalue weighted by molar-refractivity contribution is -0.147. The molecular formula is C19H24N2O4S. The second-order valence-electron chi connectivity index (χ2n) is 7.63. The minimum atomic E-state index is -0.898. The molecule has 0 saturated heterocycles. The Bertz CT molecular complexity index is 753. The highest BCUT2D eigenvalue weighted by atomic mass is 32.1. The molecule has 2 atom stereocenters. The third-order valence-electron chi connectivity index (χ3n) is 5.72. The van der Waals surface area contributed by atoms with Crippen LogP contribution in [0.3, 0.4) is 0 Å². The summed E-state index contributed by atoms with van der Waals surface area (Å²) in [6, 6.07) is 0.262. The molecule has 0 unspecified atom stereocenters. The first-order chi connectivity index (χ1) is 12.5. The Hall–Kier alpha value is -1.89. The van der Waals surface area contributed by atoms with Crippen molar-refractivity contribution in [3.8, 4) is 0 Å². The number of aliphatic carboxylic acids is 1. The van der Waals surface area contributed by atoms with Crippen molar-refractivity contribution >= 4 is 34.1 Å². The van der Waals surface area contributed by atoms with Crippen molar-refractivity contribution in [2.24, 2.45) is 11.8 Å². The number of carboxylic acid groups (broad SMARTS) is 1. The zero-order valence-corrected chi connectivity index (χ0v) is 15.5. The Morgan fingerprint density at radius 3 is 2.38 bits per heavy atom. The Morgan fingerprint density at radius 1 is 0.962 bits per heavy atom. The normalized spacial score (nSPS) is 24.8. The molecule has 1 aromatic rings. The van der Waals surface area contributed by atoms with Crippen LogP contribution < -0.4 is 10.6 Å². The molecule has 140 valence electrons. The van der Waals surface area contributed by atoms with Crippen LogP contribution in [0.2, 0.25) is 0 Å². The largest absolute Gasteiger partial charge is 0.481 e. The molecule has 0 aromatic carbocycles. The highest BCUT2D eigenvalue weighted by Crippen LogP contribution is 2.40. The number of aryl methyl sites for hydroxylation is 1. The zero-order chi connectivity index (χ0) is 18.3. The second-order valence-corrected chi connectivity index (χ2v) is 8.74. The molecule has 3 N–H and O–H groups in total. The van der Waals surface area contributed by atoms with E-state index in [1.807, 2.05) is 0 Å². The maximum Gasteiger partial charge on any atom is 0.307 e. The summed E-state index contributed by atoms with van der Waals surface area (Å²) < 4.78 is 0. The van der Waals surface area contributed by atoms with Gasteiger partial charge in [-0.15, -0.1) is 11.3 Å².